The van der Waals surface area contributed by atoms with Gasteiger partial charge in [0.15, 0.2) is 34.9 Å². The van der Waals surface area contributed by atoms with Gasteiger partial charge in [0.1, 0.15) is 0 Å². The molecule has 0 spiro atoms. The first-order valence-electron chi connectivity index (χ1n) is 7.13. The van der Waals surface area contributed by atoms with Crippen molar-refractivity contribution < 1.29 is 26.3 Å². The van der Waals surface area contributed by atoms with Crippen LogP contribution in [0.15, 0.2) is 24.3 Å². The van der Waals surface area contributed by atoms with E-state index in [0.29, 0.717) is 24.3 Å². The van der Waals surface area contributed by atoms with Crippen LogP contribution in [0.5, 0.6) is 0 Å². The lowest BCUT2D eigenvalue weighted by molar-refractivity contribution is 0.446. The molecule has 0 saturated carbocycles. The lowest BCUT2D eigenvalue weighted by Crippen LogP contribution is -2.22. The fourth-order valence-corrected chi connectivity index (χ4v) is 4.00. The molecule has 0 amide bonds. The quantitative estimate of drug-likeness (QED) is 0.204. The number of hydrogen-bond acceptors (Lipinski definition) is 1. The maximum Gasteiger partial charge on any atom is 0.341 e. The summed E-state index contributed by atoms with van der Waals surface area (Å²) in [5.41, 5.74) is -0.476. The molecule has 0 fully saturated rings. The molecule has 11 heteroatoms. The fraction of sp³-hybridized carbons (Fsp3) is 0.200. The third kappa shape index (κ3) is 5.22. The Hall–Kier alpha value is -1.09. The van der Waals surface area contributed by atoms with E-state index in [1.54, 1.807) is 0 Å². The molecule has 0 atom stereocenters. The maximum absolute atomic E-state index is 13.5. The highest BCUT2D eigenvalue weighted by molar-refractivity contribution is 7.64. The molecule has 26 heavy (non-hydrogen) atoms. The molecule has 0 unspecified atom stereocenters. The highest BCUT2D eigenvalue weighted by Gasteiger charge is 2.25. The van der Waals surface area contributed by atoms with Crippen LogP contribution in [0.2, 0.25) is 6.04 Å². The predicted molar refractivity (Wildman–Crippen MR) is 92.4 cm³/mol. The molecule has 2 aromatic rings. The van der Waals surface area contributed by atoms with E-state index in [0.717, 1.165) is 4.90 Å². The zero-order chi connectivity index (χ0) is 19.6. The van der Waals surface area contributed by atoms with Crippen LogP contribution >= 0.6 is 33.2 Å². The average molecular weight is 453 g/mol. The summed E-state index contributed by atoms with van der Waals surface area (Å²) in [6.07, 6.45) is 0.184. The van der Waals surface area contributed by atoms with Gasteiger partial charge in [-0.2, -0.15) is 0 Å². The van der Waals surface area contributed by atoms with Crippen LogP contribution in [-0.4, -0.2) is 12.5 Å². The van der Waals surface area contributed by atoms with E-state index in [-0.39, 0.29) is 30.4 Å². The molecule has 0 aliphatic rings. The normalized spacial score (nSPS) is 11.7. The molecule has 1 nitrogen and oxygen atoms in total. The minimum Gasteiger partial charge on any atom is -0.341 e. The summed E-state index contributed by atoms with van der Waals surface area (Å²) in [6, 6.07) is -0.296. The van der Waals surface area contributed by atoms with Crippen LogP contribution < -0.4 is 4.90 Å². The van der Waals surface area contributed by atoms with Gasteiger partial charge in [-0.1, -0.05) is 0 Å². The van der Waals surface area contributed by atoms with E-state index in [4.69, 9.17) is 33.2 Å². The average Bonchev–Trinajstić information content (AvgIpc) is 2.52. The van der Waals surface area contributed by atoms with Crippen molar-refractivity contribution in [1.82, 2.24) is 0 Å². The highest BCUT2D eigenvalue weighted by Crippen LogP contribution is 2.32. The molecule has 2 aromatic carbocycles. The van der Waals surface area contributed by atoms with Crippen LogP contribution in [0.4, 0.5) is 37.7 Å². The van der Waals surface area contributed by atoms with E-state index in [2.05, 4.69) is 0 Å². The Morgan fingerprint density at radius 3 is 1.35 bits per heavy atom. The third-order valence-corrected chi connectivity index (χ3v) is 6.02. The van der Waals surface area contributed by atoms with Gasteiger partial charge in [-0.15, -0.1) is 33.2 Å². The molecule has 142 valence electrons. The van der Waals surface area contributed by atoms with Crippen molar-refractivity contribution in [3.8, 4) is 0 Å². The van der Waals surface area contributed by atoms with Gasteiger partial charge in [-0.25, -0.2) is 26.3 Å². The number of anilines is 2. The summed E-state index contributed by atoms with van der Waals surface area (Å²) in [5, 5.41) is 0. The molecular weight excluding hydrogens is 443 g/mol. The van der Waals surface area contributed by atoms with Gasteiger partial charge in [0, 0.05) is 42.2 Å². The Labute approximate surface area is 160 Å². The first-order valence-corrected chi connectivity index (χ1v) is 12.4. The lowest BCUT2D eigenvalue weighted by Gasteiger charge is -2.26. The van der Waals surface area contributed by atoms with Gasteiger partial charge >= 0.3 is 6.00 Å². The minimum absolute atomic E-state index is 0.0735. The zero-order valence-electron chi connectivity index (χ0n) is 12.8. The second-order valence-corrected chi connectivity index (χ2v) is 14.6. The van der Waals surface area contributed by atoms with Gasteiger partial charge < -0.3 is 4.90 Å². The largest absolute Gasteiger partial charge is 0.341 e. The fourth-order valence-electron chi connectivity index (χ4n) is 2.24. The van der Waals surface area contributed by atoms with Crippen LogP contribution in [-0.2, 0) is 0 Å². The molecule has 0 aliphatic carbocycles. The smallest absolute Gasteiger partial charge is 0.341 e. The standard InChI is InChI=1S/C15H10Cl3F6NSi/c16-26(17,18)3-1-2-25(8-4-10(19)14(23)11(20)5-8)9-6-12(21)15(24)13(22)7-9/h4-7H,1-3H2. The first kappa shape index (κ1) is 21.2. The number of rotatable bonds is 6. The Balaban J connectivity index is 2.45. The first-order chi connectivity index (χ1) is 12.0. The molecular formula is C15H10Cl3F6NSi. The zero-order valence-corrected chi connectivity index (χ0v) is 16.0. The molecule has 0 aliphatic heterocycles. The molecule has 0 aromatic heterocycles. The number of halogens is 9. The minimum atomic E-state index is -3.01. The maximum atomic E-state index is 13.5. The third-order valence-electron chi connectivity index (χ3n) is 3.40. The molecule has 0 radical (unpaired) electrons. The Morgan fingerprint density at radius 1 is 0.692 bits per heavy atom. The highest BCUT2D eigenvalue weighted by atomic mass is 35.8. The molecule has 0 bridgehead atoms. The summed E-state index contributed by atoms with van der Waals surface area (Å²) in [6.45, 7) is -0.0735. The van der Waals surface area contributed by atoms with Gasteiger partial charge in [-0.3, -0.25) is 0 Å². The topological polar surface area (TPSA) is 3.24 Å². The molecule has 0 N–H and O–H groups in total. The van der Waals surface area contributed by atoms with Gasteiger partial charge in [-0.05, 0) is 12.5 Å². The van der Waals surface area contributed by atoms with Crippen molar-refractivity contribution >= 4 is 50.6 Å². The number of nitrogens with zero attached hydrogens (tertiary/aromatic N) is 1. The van der Waals surface area contributed by atoms with E-state index >= 15 is 0 Å². The summed E-state index contributed by atoms with van der Waals surface area (Å²) in [7, 11) is 0. The monoisotopic (exact) mass is 451 g/mol. The van der Waals surface area contributed by atoms with E-state index in [1.165, 1.54) is 0 Å². The summed E-state index contributed by atoms with van der Waals surface area (Å²) in [4.78, 5) is 1.07. The van der Waals surface area contributed by atoms with Crippen LogP contribution in [0.3, 0.4) is 0 Å². The van der Waals surface area contributed by atoms with Gasteiger partial charge in [0.2, 0.25) is 0 Å². The summed E-state index contributed by atoms with van der Waals surface area (Å²) < 4.78 is 80.5. The lowest BCUT2D eigenvalue weighted by atomic mass is 10.2. The Kier molecular flexibility index (Phi) is 6.76. The van der Waals surface area contributed by atoms with Crippen LogP contribution in [0.1, 0.15) is 6.42 Å². The van der Waals surface area contributed by atoms with Crippen molar-refractivity contribution in [3.63, 3.8) is 0 Å². The Morgan fingerprint density at radius 2 is 1.04 bits per heavy atom. The van der Waals surface area contributed by atoms with Crippen LogP contribution in [0, 0.1) is 34.9 Å². The van der Waals surface area contributed by atoms with Crippen molar-refractivity contribution in [2.24, 2.45) is 0 Å². The van der Waals surface area contributed by atoms with Crippen LogP contribution in [0.25, 0.3) is 0 Å². The predicted octanol–water partition coefficient (Wildman–Crippen LogP) is 6.70. The summed E-state index contributed by atoms with van der Waals surface area (Å²) >= 11 is 17.3. The SMILES string of the molecule is Fc1cc(N(CCC[Si](Cl)(Cl)Cl)c2cc(F)c(F)c(F)c2)cc(F)c1F. The van der Waals surface area contributed by atoms with Crippen molar-refractivity contribution in [2.75, 3.05) is 11.4 Å². The second kappa shape index (κ2) is 8.29. The number of hydrogen-bond donors (Lipinski definition) is 0. The van der Waals surface area contributed by atoms with E-state index < -0.39 is 40.9 Å². The van der Waals surface area contributed by atoms with Gasteiger partial charge in [0.25, 0.3) is 0 Å². The second-order valence-electron chi connectivity index (χ2n) is 5.32. The Bertz CT molecular complexity index is 711. The summed E-state index contributed by atoms with van der Waals surface area (Å²) in [5.74, 6) is -9.38. The molecule has 0 heterocycles. The van der Waals surface area contributed by atoms with Crippen molar-refractivity contribution in [1.29, 1.82) is 0 Å². The van der Waals surface area contributed by atoms with Crippen molar-refractivity contribution in [3.05, 3.63) is 59.2 Å². The van der Waals surface area contributed by atoms with Crippen molar-refractivity contribution in [2.45, 2.75) is 12.5 Å². The molecule has 0 saturated heterocycles. The van der Waals surface area contributed by atoms with E-state index in [9.17, 15) is 26.3 Å². The van der Waals surface area contributed by atoms with E-state index in [1.807, 2.05) is 0 Å². The molecule has 2 rings (SSSR count). The van der Waals surface area contributed by atoms with Gasteiger partial charge in [0.05, 0.1) is 0 Å². The number of benzene rings is 2.